The number of carbonyl (C=O) groups is 2. The van der Waals surface area contributed by atoms with E-state index in [1.165, 1.54) is 12.5 Å². The van der Waals surface area contributed by atoms with Crippen LogP contribution in [0.2, 0.25) is 0 Å². The molecule has 0 aliphatic heterocycles. The Morgan fingerprint density at radius 1 is 1.04 bits per heavy atom. The number of carbonyl (C=O) groups excluding carboxylic acids is 2. The van der Waals surface area contributed by atoms with Crippen molar-refractivity contribution in [3.8, 4) is 0 Å². The van der Waals surface area contributed by atoms with Gasteiger partial charge in [-0.3, -0.25) is 14.6 Å². The SMILES string of the molecule is CCc1ccc(NC(=O)CCN(Cc2ccncc2)C(C)=O)cc1. The molecule has 2 amide bonds. The number of benzene rings is 1. The van der Waals surface area contributed by atoms with Gasteiger partial charge in [0.2, 0.25) is 11.8 Å². The van der Waals surface area contributed by atoms with Crippen molar-refractivity contribution in [1.82, 2.24) is 9.88 Å². The summed E-state index contributed by atoms with van der Waals surface area (Å²) in [4.78, 5) is 29.5. The molecule has 0 saturated heterocycles. The third kappa shape index (κ3) is 5.50. The molecule has 0 atom stereocenters. The highest BCUT2D eigenvalue weighted by Gasteiger charge is 2.12. The lowest BCUT2D eigenvalue weighted by Crippen LogP contribution is -2.31. The van der Waals surface area contributed by atoms with Crippen molar-refractivity contribution in [3.05, 3.63) is 59.9 Å². The third-order valence-electron chi connectivity index (χ3n) is 3.82. The molecule has 0 radical (unpaired) electrons. The van der Waals surface area contributed by atoms with Crippen molar-refractivity contribution in [1.29, 1.82) is 0 Å². The zero-order chi connectivity index (χ0) is 17.4. The normalized spacial score (nSPS) is 10.2. The predicted octanol–water partition coefficient (Wildman–Crippen LogP) is 3.02. The molecule has 0 unspecified atom stereocenters. The van der Waals surface area contributed by atoms with E-state index in [2.05, 4.69) is 17.2 Å². The topological polar surface area (TPSA) is 62.3 Å². The average Bonchev–Trinajstić information content (AvgIpc) is 2.60. The van der Waals surface area contributed by atoms with Gasteiger partial charge in [0.25, 0.3) is 0 Å². The maximum atomic E-state index is 12.1. The Morgan fingerprint density at radius 3 is 2.29 bits per heavy atom. The number of aryl methyl sites for hydroxylation is 1. The Labute approximate surface area is 142 Å². The quantitative estimate of drug-likeness (QED) is 0.851. The molecule has 1 aromatic heterocycles. The lowest BCUT2D eigenvalue weighted by Gasteiger charge is -2.20. The zero-order valence-corrected chi connectivity index (χ0v) is 14.2. The van der Waals surface area contributed by atoms with Crippen molar-refractivity contribution in [2.24, 2.45) is 0 Å². The second-order valence-corrected chi connectivity index (χ2v) is 5.64. The highest BCUT2D eigenvalue weighted by molar-refractivity contribution is 5.91. The van der Waals surface area contributed by atoms with Gasteiger partial charge in [0.15, 0.2) is 0 Å². The summed E-state index contributed by atoms with van der Waals surface area (Å²) in [5, 5.41) is 2.86. The van der Waals surface area contributed by atoms with Gasteiger partial charge in [-0.25, -0.2) is 0 Å². The van der Waals surface area contributed by atoms with Crippen LogP contribution >= 0.6 is 0 Å². The Bertz CT molecular complexity index is 669. The zero-order valence-electron chi connectivity index (χ0n) is 14.2. The Balaban J connectivity index is 1.86. The van der Waals surface area contributed by atoms with Crippen LogP contribution in [0, 0.1) is 0 Å². The summed E-state index contributed by atoms with van der Waals surface area (Å²) in [6.45, 7) is 4.47. The van der Waals surface area contributed by atoms with Crippen molar-refractivity contribution >= 4 is 17.5 Å². The van der Waals surface area contributed by atoms with Gasteiger partial charge >= 0.3 is 0 Å². The van der Waals surface area contributed by atoms with Gasteiger partial charge in [-0.05, 0) is 41.8 Å². The van der Waals surface area contributed by atoms with Crippen LogP contribution in [0.15, 0.2) is 48.8 Å². The second kappa shape index (κ2) is 8.82. The maximum Gasteiger partial charge on any atom is 0.226 e. The Kier molecular flexibility index (Phi) is 6.49. The molecule has 0 aliphatic carbocycles. The molecule has 5 nitrogen and oxygen atoms in total. The summed E-state index contributed by atoms with van der Waals surface area (Å²) < 4.78 is 0. The van der Waals surface area contributed by atoms with Crippen LogP contribution in [0.25, 0.3) is 0 Å². The predicted molar refractivity (Wildman–Crippen MR) is 94.4 cm³/mol. The van der Waals surface area contributed by atoms with Crippen LogP contribution in [0.4, 0.5) is 5.69 Å². The molecule has 24 heavy (non-hydrogen) atoms. The average molecular weight is 325 g/mol. The smallest absolute Gasteiger partial charge is 0.226 e. The number of hydrogen-bond donors (Lipinski definition) is 1. The minimum Gasteiger partial charge on any atom is -0.338 e. The van der Waals surface area contributed by atoms with Crippen LogP contribution in [-0.2, 0) is 22.6 Å². The molecular formula is C19H23N3O2. The first-order valence-corrected chi connectivity index (χ1v) is 8.11. The molecule has 1 aromatic carbocycles. The summed E-state index contributed by atoms with van der Waals surface area (Å²) in [6.07, 6.45) is 4.62. The van der Waals surface area contributed by atoms with Crippen molar-refractivity contribution in [2.75, 3.05) is 11.9 Å². The Hall–Kier alpha value is -2.69. The first-order valence-electron chi connectivity index (χ1n) is 8.11. The molecule has 2 rings (SSSR count). The van der Waals surface area contributed by atoms with E-state index in [1.54, 1.807) is 17.3 Å². The first kappa shape index (κ1) is 17.7. The van der Waals surface area contributed by atoms with Crippen LogP contribution in [0.1, 0.15) is 31.4 Å². The molecule has 0 bridgehead atoms. The lowest BCUT2D eigenvalue weighted by molar-refractivity contribution is -0.129. The molecule has 0 aliphatic rings. The summed E-state index contributed by atoms with van der Waals surface area (Å²) in [6, 6.07) is 11.5. The van der Waals surface area contributed by atoms with Crippen molar-refractivity contribution in [3.63, 3.8) is 0 Å². The fraction of sp³-hybridized carbons (Fsp3) is 0.316. The van der Waals surface area contributed by atoms with Gasteiger partial charge < -0.3 is 10.2 Å². The van der Waals surface area contributed by atoms with E-state index >= 15 is 0 Å². The van der Waals surface area contributed by atoms with Crippen LogP contribution in [0.3, 0.4) is 0 Å². The van der Waals surface area contributed by atoms with E-state index in [9.17, 15) is 9.59 Å². The van der Waals surface area contributed by atoms with E-state index in [4.69, 9.17) is 0 Å². The highest BCUT2D eigenvalue weighted by atomic mass is 16.2. The van der Waals surface area contributed by atoms with E-state index in [0.717, 1.165) is 17.7 Å². The van der Waals surface area contributed by atoms with Gasteiger partial charge in [0.1, 0.15) is 0 Å². The standard InChI is InChI=1S/C19H23N3O2/c1-3-16-4-6-18(7-5-16)21-19(24)10-13-22(15(2)23)14-17-8-11-20-12-9-17/h4-9,11-12H,3,10,13-14H2,1-2H3,(H,21,24). The first-order chi connectivity index (χ1) is 11.6. The number of nitrogens with one attached hydrogen (secondary N) is 1. The molecule has 5 heteroatoms. The minimum absolute atomic E-state index is 0.0492. The summed E-state index contributed by atoms with van der Waals surface area (Å²) in [7, 11) is 0. The largest absolute Gasteiger partial charge is 0.338 e. The minimum atomic E-state index is -0.0970. The maximum absolute atomic E-state index is 12.1. The number of nitrogens with zero attached hydrogens (tertiary/aromatic N) is 2. The highest BCUT2D eigenvalue weighted by Crippen LogP contribution is 2.11. The van der Waals surface area contributed by atoms with E-state index in [0.29, 0.717) is 13.1 Å². The van der Waals surface area contributed by atoms with Gasteiger partial charge in [-0.15, -0.1) is 0 Å². The molecule has 126 valence electrons. The number of anilines is 1. The summed E-state index contributed by atoms with van der Waals surface area (Å²) in [5.41, 5.74) is 3.00. The van der Waals surface area contributed by atoms with E-state index in [-0.39, 0.29) is 18.2 Å². The number of rotatable bonds is 7. The molecule has 0 saturated carbocycles. The molecule has 1 heterocycles. The summed E-state index contributed by atoms with van der Waals surface area (Å²) in [5.74, 6) is -0.146. The monoisotopic (exact) mass is 325 g/mol. The second-order valence-electron chi connectivity index (χ2n) is 5.64. The van der Waals surface area contributed by atoms with Gasteiger partial charge in [-0.2, -0.15) is 0 Å². The number of amides is 2. The van der Waals surface area contributed by atoms with Crippen molar-refractivity contribution in [2.45, 2.75) is 33.2 Å². The van der Waals surface area contributed by atoms with Gasteiger partial charge in [0.05, 0.1) is 0 Å². The van der Waals surface area contributed by atoms with Crippen LogP contribution in [-0.4, -0.2) is 28.2 Å². The van der Waals surface area contributed by atoms with Crippen LogP contribution in [0.5, 0.6) is 0 Å². The molecule has 0 fully saturated rings. The number of aromatic nitrogens is 1. The fourth-order valence-corrected chi connectivity index (χ4v) is 2.34. The fourth-order valence-electron chi connectivity index (χ4n) is 2.34. The van der Waals surface area contributed by atoms with Crippen LogP contribution < -0.4 is 5.32 Å². The van der Waals surface area contributed by atoms with Gasteiger partial charge in [-0.1, -0.05) is 19.1 Å². The van der Waals surface area contributed by atoms with E-state index < -0.39 is 0 Å². The lowest BCUT2D eigenvalue weighted by atomic mass is 10.1. The molecule has 2 aromatic rings. The number of pyridine rings is 1. The number of hydrogen-bond acceptors (Lipinski definition) is 3. The van der Waals surface area contributed by atoms with Gasteiger partial charge in [0, 0.05) is 44.5 Å². The summed E-state index contributed by atoms with van der Waals surface area (Å²) >= 11 is 0. The van der Waals surface area contributed by atoms with E-state index in [1.807, 2.05) is 36.4 Å². The molecular weight excluding hydrogens is 302 g/mol. The van der Waals surface area contributed by atoms with Crippen molar-refractivity contribution < 1.29 is 9.59 Å². The molecule has 0 spiro atoms. The Morgan fingerprint density at radius 2 is 1.71 bits per heavy atom. The third-order valence-corrected chi connectivity index (χ3v) is 3.82. The molecule has 1 N–H and O–H groups in total.